The maximum Gasteiger partial charge on any atom is 0.409 e. The van der Waals surface area contributed by atoms with Crippen LogP contribution < -0.4 is 15.4 Å². The summed E-state index contributed by atoms with van der Waals surface area (Å²) in [5.74, 6) is -0.0834. The molecule has 1 fully saturated rings. The molecule has 0 unspecified atom stereocenters. The molecule has 0 aromatic heterocycles. The van der Waals surface area contributed by atoms with Crippen molar-refractivity contribution in [3.05, 3.63) is 59.2 Å². The fourth-order valence-electron chi connectivity index (χ4n) is 4.49. The smallest absolute Gasteiger partial charge is 0.409 e. The number of carbonyl (C=O) groups excluding carboxylic acids is 2. The third-order valence-electron chi connectivity index (χ3n) is 6.47. The van der Waals surface area contributed by atoms with E-state index in [2.05, 4.69) is 10.6 Å². The van der Waals surface area contributed by atoms with Gasteiger partial charge in [0.25, 0.3) is 0 Å². The summed E-state index contributed by atoms with van der Waals surface area (Å²) >= 11 is 0. The van der Waals surface area contributed by atoms with E-state index in [1.165, 1.54) is 7.11 Å². The van der Waals surface area contributed by atoms with Crippen LogP contribution in [0.1, 0.15) is 39.2 Å². The number of allylic oxidation sites excluding steroid dienone is 3. The number of methoxy groups -OCH3 is 2. The topological polar surface area (TPSA) is 126 Å². The van der Waals surface area contributed by atoms with E-state index in [4.69, 9.17) is 14.2 Å². The Morgan fingerprint density at radius 3 is 2.61 bits per heavy atom. The number of nitrogens with one attached hydrogen (secondary N) is 2. The highest BCUT2D eigenvalue weighted by Gasteiger charge is 2.46. The lowest BCUT2D eigenvalue weighted by molar-refractivity contribution is -0.138. The molecule has 1 aromatic rings. The van der Waals surface area contributed by atoms with E-state index in [-0.39, 0.29) is 24.7 Å². The average Bonchev–Trinajstić information content (AvgIpc) is 2.80. The first kappa shape index (κ1) is 27.4. The van der Waals surface area contributed by atoms with Gasteiger partial charge in [-0.25, -0.2) is 4.79 Å². The maximum absolute atomic E-state index is 12.7. The molecule has 1 aromatic carbocycles. The Hall–Kier alpha value is -3.14. The summed E-state index contributed by atoms with van der Waals surface area (Å²) in [6.07, 6.45) is 4.33. The van der Waals surface area contributed by atoms with Crippen LogP contribution in [0.5, 0.6) is 5.75 Å². The number of ether oxygens (including phenoxy) is 3. The van der Waals surface area contributed by atoms with Crippen LogP contribution in [0.15, 0.2) is 53.6 Å². The molecular formula is C27H36N2O7. The molecule has 2 amide bonds. The molecule has 196 valence electrons. The molecule has 0 aliphatic carbocycles. The predicted octanol–water partition coefficient (Wildman–Crippen LogP) is 3.23. The minimum absolute atomic E-state index is 0.0669. The van der Waals surface area contributed by atoms with Crippen LogP contribution >= 0.6 is 0 Å². The predicted molar refractivity (Wildman–Crippen MR) is 136 cm³/mol. The van der Waals surface area contributed by atoms with Crippen molar-refractivity contribution in [1.29, 1.82) is 0 Å². The Morgan fingerprint density at radius 2 is 1.92 bits per heavy atom. The number of aliphatic hydroxyl groups is 2. The first-order chi connectivity index (χ1) is 17.0. The number of aliphatic hydroxyl groups excluding tert-OH is 1. The van der Waals surface area contributed by atoms with E-state index in [1.807, 2.05) is 32.1 Å². The normalized spacial score (nSPS) is 29.9. The van der Waals surface area contributed by atoms with Gasteiger partial charge >= 0.3 is 6.09 Å². The Balaban J connectivity index is 2.00. The van der Waals surface area contributed by atoms with Crippen molar-refractivity contribution in [1.82, 2.24) is 5.32 Å². The lowest BCUT2D eigenvalue weighted by Crippen LogP contribution is -2.63. The molecule has 0 saturated carbocycles. The minimum Gasteiger partial charge on any atom is -0.497 e. The van der Waals surface area contributed by atoms with Crippen LogP contribution in [0.25, 0.3) is 0 Å². The molecule has 4 N–H and O–H groups in total. The van der Waals surface area contributed by atoms with Crippen LogP contribution in [-0.2, 0) is 20.7 Å². The second-order valence-corrected chi connectivity index (χ2v) is 9.54. The highest BCUT2D eigenvalue weighted by atomic mass is 16.6. The molecule has 0 radical (unpaired) electrons. The molecule has 2 aliphatic rings. The first-order valence-electron chi connectivity index (χ1n) is 11.9. The number of benzene rings is 1. The standard InChI is InChI=1S/C27H36N2O7/c1-16-7-6-8-24(35-5)27(33)15-23(36-26(32)29-27)18(3)10-17(2)22(30)14-25(31)28-20-11-19(9-16)12-21(13-20)34-4/h6-8,10-13,18,22-24,30,33H,9,14-15H2,1-5H3,(H,28,31)(H,29,32)/t18-,22-,23-,24+,27-/m0/s1. The number of rotatable bonds is 2. The fraction of sp³-hybridized carbons (Fsp3) is 0.481. The number of fused-ring (bicyclic) bond motifs is 4. The van der Waals surface area contributed by atoms with Crippen LogP contribution in [0.4, 0.5) is 10.5 Å². The molecule has 1 saturated heterocycles. The molecule has 0 spiro atoms. The van der Waals surface area contributed by atoms with Gasteiger partial charge in [0.2, 0.25) is 5.91 Å². The summed E-state index contributed by atoms with van der Waals surface area (Å²) in [5, 5.41) is 27.3. The van der Waals surface area contributed by atoms with Crippen molar-refractivity contribution in [2.45, 2.75) is 64.1 Å². The van der Waals surface area contributed by atoms with Gasteiger partial charge in [-0.15, -0.1) is 0 Å². The molecule has 36 heavy (non-hydrogen) atoms. The lowest BCUT2D eigenvalue weighted by Gasteiger charge is -2.41. The number of amides is 2. The molecule has 9 nitrogen and oxygen atoms in total. The van der Waals surface area contributed by atoms with Gasteiger partial charge in [0.1, 0.15) is 18.0 Å². The summed E-state index contributed by atoms with van der Waals surface area (Å²) in [4.78, 5) is 25.0. The van der Waals surface area contributed by atoms with Gasteiger partial charge in [-0.1, -0.05) is 36.8 Å². The van der Waals surface area contributed by atoms with Gasteiger partial charge in [0.15, 0.2) is 5.72 Å². The maximum atomic E-state index is 12.7. The van der Waals surface area contributed by atoms with E-state index in [0.717, 1.165) is 11.1 Å². The minimum atomic E-state index is -1.69. The summed E-state index contributed by atoms with van der Waals surface area (Å²) in [6.45, 7) is 5.49. The molecule has 5 atom stereocenters. The van der Waals surface area contributed by atoms with Gasteiger partial charge in [0, 0.05) is 31.2 Å². The summed E-state index contributed by atoms with van der Waals surface area (Å²) in [6, 6.07) is 5.48. The van der Waals surface area contributed by atoms with Gasteiger partial charge in [-0.2, -0.15) is 0 Å². The molecule has 2 aliphatic heterocycles. The lowest BCUT2D eigenvalue weighted by atomic mass is 9.89. The van der Waals surface area contributed by atoms with Crippen LogP contribution in [0.3, 0.4) is 0 Å². The van der Waals surface area contributed by atoms with E-state index in [1.54, 1.807) is 38.3 Å². The Bertz CT molecular complexity index is 1060. The number of anilines is 1. The van der Waals surface area contributed by atoms with E-state index >= 15 is 0 Å². The Labute approximate surface area is 211 Å². The first-order valence-corrected chi connectivity index (χ1v) is 11.9. The van der Waals surface area contributed by atoms with E-state index < -0.39 is 30.1 Å². The summed E-state index contributed by atoms with van der Waals surface area (Å²) in [7, 11) is 3.02. The van der Waals surface area contributed by atoms with Crippen molar-refractivity contribution in [3.8, 4) is 5.75 Å². The summed E-state index contributed by atoms with van der Waals surface area (Å²) < 4.78 is 16.4. The van der Waals surface area contributed by atoms with Gasteiger partial charge in [-0.3, -0.25) is 10.1 Å². The van der Waals surface area contributed by atoms with Gasteiger partial charge < -0.3 is 29.7 Å². The van der Waals surface area contributed by atoms with Crippen LogP contribution in [-0.4, -0.2) is 60.5 Å². The highest BCUT2D eigenvalue weighted by molar-refractivity contribution is 5.91. The molecular weight excluding hydrogens is 464 g/mol. The quantitative estimate of drug-likeness (QED) is 0.459. The number of carbonyl (C=O) groups is 2. The number of hydrogen-bond donors (Lipinski definition) is 4. The Kier molecular flexibility index (Phi) is 8.94. The SMILES string of the molecule is COc1cc2cc(c1)NC(=O)C[C@H](O)C(C)=C[C@H](C)[C@@H]1C[C@@](O)(NC(=O)O1)[C@H](OC)C=CC=C(C)C2. The zero-order valence-corrected chi connectivity index (χ0v) is 21.4. The highest BCUT2D eigenvalue weighted by Crippen LogP contribution is 2.30. The van der Waals surface area contributed by atoms with Crippen LogP contribution in [0.2, 0.25) is 0 Å². The van der Waals surface area contributed by atoms with Crippen molar-refractivity contribution in [2.24, 2.45) is 5.92 Å². The third kappa shape index (κ3) is 6.96. The largest absolute Gasteiger partial charge is 0.497 e. The number of alkyl carbamates (subject to hydrolysis) is 1. The van der Waals surface area contributed by atoms with Gasteiger partial charge in [-0.05, 0) is 43.5 Å². The zero-order valence-electron chi connectivity index (χ0n) is 21.4. The zero-order chi connectivity index (χ0) is 26.5. The second-order valence-electron chi connectivity index (χ2n) is 9.54. The van der Waals surface area contributed by atoms with E-state index in [9.17, 15) is 19.8 Å². The van der Waals surface area contributed by atoms with Crippen molar-refractivity contribution >= 4 is 17.7 Å². The molecule has 2 heterocycles. The number of hydrogen-bond acceptors (Lipinski definition) is 7. The third-order valence-corrected chi connectivity index (χ3v) is 6.47. The van der Waals surface area contributed by atoms with Crippen molar-refractivity contribution < 1.29 is 34.0 Å². The second kappa shape index (κ2) is 11.7. The monoisotopic (exact) mass is 500 g/mol. The average molecular weight is 501 g/mol. The fourth-order valence-corrected chi connectivity index (χ4v) is 4.49. The van der Waals surface area contributed by atoms with Crippen molar-refractivity contribution in [2.75, 3.05) is 19.5 Å². The molecule has 3 rings (SSSR count). The molecule has 9 heteroatoms. The van der Waals surface area contributed by atoms with Crippen molar-refractivity contribution in [3.63, 3.8) is 0 Å². The summed E-state index contributed by atoms with van der Waals surface area (Å²) in [5.41, 5.74) is 1.38. The van der Waals surface area contributed by atoms with Crippen LogP contribution in [0, 0.1) is 5.92 Å². The van der Waals surface area contributed by atoms with E-state index in [0.29, 0.717) is 23.4 Å². The molecule has 4 bridgehead atoms. The van der Waals surface area contributed by atoms with Gasteiger partial charge in [0.05, 0.1) is 19.6 Å². The Morgan fingerprint density at radius 1 is 1.17 bits per heavy atom.